The van der Waals surface area contributed by atoms with Crippen molar-refractivity contribution in [3.8, 4) is 0 Å². The van der Waals surface area contributed by atoms with E-state index in [4.69, 9.17) is 5.11 Å². The molecule has 100 valence electrons. The van der Waals surface area contributed by atoms with Crippen molar-refractivity contribution in [2.75, 3.05) is 11.5 Å². The lowest BCUT2D eigenvalue weighted by molar-refractivity contribution is -0.138. The number of aliphatic carboxylic acids is 1. The lowest BCUT2D eigenvalue weighted by Crippen LogP contribution is -2.19. The number of carboxylic acid groups (broad SMARTS) is 1. The Kier molecular flexibility index (Phi) is 3.85. The number of aromatic nitrogens is 2. The summed E-state index contributed by atoms with van der Waals surface area (Å²) in [6.07, 6.45) is 6.22. The van der Waals surface area contributed by atoms with Crippen molar-refractivity contribution in [1.29, 1.82) is 0 Å². The van der Waals surface area contributed by atoms with E-state index in [1.54, 1.807) is 6.20 Å². The van der Waals surface area contributed by atoms with E-state index in [-0.39, 0.29) is 11.8 Å². The molecular formula is C12H18N2O3S. The Morgan fingerprint density at radius 3 is 2.83 bits per heavy atom. The smallest absolute Gasteiger partial charge is 0.303 e. The topological polar surface area (TPSA) is 72.2 Å². The maximum absolute atomic E-state index is 12.0. The van der Waals surface area contributed by atoms with Gasteiger partial charge in [0.05, 0.1) is 6.42 Å². The van der Waals surface area contributed by atoms with Gasteiger partial charge >= 0.3 is 5.97 Å². The maximum atomic E-state index is 12.0. The number of aryl methyl sites for hydroxylation is 2. The number of hydrogen-bond donors (Lipinski definition) is 1. The Hall–Kier alpha value is -1.17. The SMILES string of the molecule is Cn1ccnc1CCS(=O)CC1(CC(=O)O)CC1. The molecule has 0 aromatic carbocycles. The van der Waals surface area contributed by atoms with E-state index in [0.717, 1.165) is 18.7 Å². The highest BCUT2D eigenvalue weighted by Crippen LogP contribution is 2.49. The summed E-state index contributed by atoms with van der Waals surface area (Å²) in [5.41, 5.74) is -0.182. The van der Waals surface area contributed by atoms with Crippen LogP contribution < -0.4 is 0 Å². The summed E-state index contributed by atoms with van der Waals surface area (Å²) >= 11 is 0. The minimum atomic E-state index is -0.953. The van der Waals surface area contributed by atoms with Crippen molar-refractivity contribution < 1.29 is 14.1 Å². The maximum Gasteiger partial charge on any atom is 0.303 e. The van der Waals surface area contributed by atoms with Crippen molar-refractivity contribution in [2.45, 2.75) is 25.7 Å². The zero-order valence-corrected chi connectivity index (χ0v) is 11.3. The van der Waals surface area contributed by atoms with Gasteiger partial charge < -0.3 is 9.67 Å². The van der Waals surface area contributed by atoms with E-state index >= 15 is 0 Å². The summed E-state index contributed by atoms with van der Waals surface area (Å²) in [6.45, 7) is 0. The van der Waals surface area contributed by atoms with Crippen LogP contribution in [0, 0.1) is 5.41 Å². The molecule has 1 fully saturated rings. The summed E-state index contributed by atoms with van der Waals surface area (Å²) in [7, 11) is 0.962. The molecule has 1 saturated carbocycles. The normalized spacial score (nSPS) is 18.5. The molecule has 5 nitrogen and oxygen atoms in total. The predicted molar refractivity (Wildman–Crippen MR) is 68.7 cm³/mol. The molecule has 0 amide bonds. The third-order valence-corrected chi connectivity index (χ3v) is 5.02. The monoisotopic (exact) mass is 270 g/mol. The standard InChI is InChI=1S/C12H18N2O3S/c1-14-6-5-13-10(14)2-7-18(17)9-12(3-4-12)8-11(15)16/h5-6H,2-4,7-9H2,1H3,(H,15,16). The van der Waals surface area contributed by atoms with Gasteiger partial charge in [-0.15, -0.1) is 0 Å². The van der Waals surface area contributed by atoms with Gasteiger partial charge in [0.15, 0.2) is 0 Å². The molecule has 1 heterocycles. The average molecular weight is 270 g/mol. The van der Waals surface area contributed by atoms with E-state index in [0.29, 0.717) is 17.9 Å². The van der Waals surface area contributed by atoms with Crippen molar-refractivity contribution in [3.05, 3.63) is 18.2 Å². The summed E-state index contributed by atoms with van der Waals surface area (Å²) in [5, 5.41) is 8.81. The highest BCUT2D eigenvalue weighted by molar-refractivity contribution is 7.85. The zero-order valence-electron chi connectivity index (χ0n) is 10.5. The Balaban J connectivity index is 1.79. The number of hydrogen-bond acceptors (Lipinski definition) is 3. The third kappa shape index (κ3) is 3.41. The van der Waals surface area contributed by atoms with E-state index in [9.17, 15) is 9.00 Å². The fourth-order valence-corrected chi connectivity index (χ4v) is 3.75. The first kappa shape index (κ1) is 13.3. The molecule has 1 atom stereocenters. The van der Waals surface area contributed by atoms with Crippen LogP contribution in [0.2, 0.25) is 0 Å². The van der Waals surface area contributed by atoms with Crippen molar-refractivity contribution in [2.24, 2.45) is 12.5 Å². The second kappa shape index (κ2) is 5.22. The lowest BCUT2D eigenvalue weighted by Gasteiger charge is -2.11. The molecule has 1 unspecified atom stereocenters. The molecule has 2 rings (SSSR count). The van der Waals surface area contributed by atoms with Gasteiger partial charge in [0.25, 0.3) is 0 Å². The summed E-state index contributed by atoms with van der Waals surface area (Å²) < 4.78 is 13.9. The first-order valence-electron chi connectivity index (χ1n) is 6.04. The second-order valence-corrected chi connectivity index (χ2v) is 6.64. The number of nitrogens with zero attached hydrogens (tertiary/aromatic N) is 2. The van der Waals surface area contributed by atoms with Gasteiger partial charge in [0, 0.05) is 48.2 Å². The first-order chi connectivity index (χ1) is 8.51. The number of rotatable bonds is 7. The Bertz CT molecular complexity index is 466. The quantitative estimate of drug-likeness (QED) is 0.801. The minimum absolute atomic E-state index is 0.154. The molecular weight excluding hydrogens is 252 g/mol. The molecule has 6 heteroatoms. The Morgan fingerprint density at radius 2 is 2.33 bits per heavy atom. The van der Waals surface area contributed by atoms with Crippen molar-refractivity contribution in [3.63, 3.8) is 0 Å². The third-order valence-electron chi connectivity index (χ3n) is 3.42. The lowest BCUT2D eigenvalue weighted by atomic mass is 10.1. The van der Waals surface area contributed by atoms with Gasteiger partial charge in [-0.3, -0.25) is 9.00 Å². The molecule has 1 aliphatic carbocycles. The van der Waals surface area contributed by atoms with E-state index in [1.165, 1.54) is 0 Å². The molecule has 1 aromatic heterocycles. The van der Waals surface area contributed by atoms with Gasteiger partial charge in [-0.05, 0) is 18.3 Å². The van der Waals surface area contributed by atoms with Crippen LogP contribution in [0.1, 0.15) is 25.1 Å². The first-order valence-corrected chi connectivity index (χ1v) is 7.53. The molecule has 0 saturated heterocycles. The van der Waals surface area contributed by atoms with Crippen LogP contribution in [-0.4, -0.2) is 36.3 Å². The molecule has 1 N–H and O–H groups in total. The van der Waals surface area contributed by atoms with Crippen molar-refractivity contribution >= 4 is 16.8 Å². The number of carboxylic acids is 1. The zero-order chi connectivity index (χ0) is 13.2. The van der Waals surface area contributed by atoms with Crippen LogP contribution in [0.4, 0.5) is 0 Å². The number of imidazole rings is 1. The fourth-order valence-electron chi connectivity index (χ4n) is 2.13. The molecule has 0 bridgehead atoms. The highest BCUT2D eigenvalue weighted by atomic mass is 32.2. The van der Waals surface area contributed by atoms with Crippen LogP contribution in [0.3, 0.4) is 0 Å². The Labute approximate surface area is 109 Å². The Morgan fingerprint density at radius 1 is 1.61 bits per heavy atom. The van der Waals surface area contributed by atoms with Gasteiger partial charge in [0.1, 0.15) is 5.82 Å². The van der Waals surface area contributed by atoms with Crippen LogP contribution in [0.25, 0.3) is 0 Å². The molecule has 0 radical (unpaired) electrons. The number of carbonyl (C=O) groups is 1. The predicted octanol–water partition coefficient (Wildman–Crippen LogP) is 0.966. The largest absolute Gasteiger partial charge is 0.481 e. The van der Waals surface area contributed by atoms with Crippen LogP contribution in [0.5, 0.6) is 0 Å². The molecule has 1 aromatic rings. The van der Waals surface area contributed by atoms with Gasteiger partial charge in [-0.1, -0.05) is 0 Å². The van der Waals surface area contributed by atoms with Crippen LogP contribution in [-0.2, 0) is 29.1 Å². The molecule has 18 heavy (non-hydrogen) atoms. The van der Waals surface area contributed by atoms with E-state index in [1.807, 2.05) is 17.8 Å². The van der Waals surface area contributed by atoms with E-state index in [2.05, 4.69) is 4.98 Å². The molecule has 0 aliphatic heterocycles. The van der Waals surface area contributed by atoms with Crippen LogP contribution >= 0.6 is 0 Å². The summed E-state index contributed by atoms with van der Waals surface area (Å²) in [5.74, 6) is 1.22. The van der Waals surface area contributed by atoms with E-state index < -0.39 is 16.8 Å². The minimum Gasteiger partial charge on any atom is -0.481 e. The molecule has 1 aliphatic rings. The fraction of sp³-hybridized carbons (Fsp3) is 0.667. The summed E-state index contributed by atoms with van der Waals surface area (Å²) in [4.78, 5) is 14.9. The van der Waals surface area contributed by atoms with Crippen LogP contribution in [0.15, 0.2) is 12.4 Å². The summed E-state index contributed by atoms with van der Waals surface area (Å²) in [6, 6.07) is 0. The van der Waals surface area contributed by atoms with Gasteiger partial charge in [0.2, 0.25) is 0 Å². The van der Waals surface area contributed by atoms with Crippen molar-refractivity contribution in [1.82, 2.24) is 9.55 Å². The highest BCUT2D eigenvalue weighted by Gasteiger charge is 2.45. The molecule has 0 spiro atoms. The average Bonchev–Trinajstić information content (AvgIpc) is 2.87. The van der Waals surface area contributed by atoms with Gasteiger partial charge in [-0.25, -0.2) is 4.98 Å². The second-order valence-electron chi connectivity index (χ2n) is 5.06. The van der Waals surface area contributed by atoms with Gasteiger partial charge in [-0.2, -0.15) is 0 Å².